The molecule has 0 amide bonds. The van der Waals surface area contributed by atoms with Crippen LogP contribution in [0.15, 0.2) is 0 Å². The Morgan fingerprint density at radius 1 is 0.421 bits per heavy atom. The van der Waals surface area contributed by atoms with E-state index in [9.17, 15) is 0 Å². The Labute approximate surface area is 173 Å². The minimum absolute atomic E-state index is 0. The van der Waals surface area contributed by atoms with Crippen LogP contribution in [0, 0.1) is 0 Å². The van der Waals surface area contributed by atoms with Crippen LogP contribution in [-0.4, -0.2) is 171 Å². The maximum absolute atomic E-state index is 8.56. The van der Waals surface area contributed by atoms with E-state index in [-0.39, 0.29) is 154 Å². The molecular weight excluding hydrogens is 321 g/mol. The Morgan fingerprint density at radius 2 is 0.421 bits per heavy atom. The molecule has 0 unspecified atom stereocenters. The predicted octanol–water partition coefficient (Wildman–Crippen LogP) is -11.6. The number of hydrogen-bond donors (Lipinski definition) is 2. The van der Waals surface area contributed by atoms with Crippen LogP contribution >= 0.6 is 0 Å². The van der Waals surface area contributed by atoms with Crippen LogP contribution in [0.4, 0.5) is 4.79 Å². The summed E-state index contributed by atoms with van der Waals surface area (Å²) in [7, 11) is 0. The molecule has 15 nitrogen and oxygen atoms in total. The fourth-order valence-corrected chi connectivity index (χ4v) is 0. The van der Waals surface area contributed by atoms with Gasteiger partial charge in [-0.25, -0.2) is 4.79 Å². The first-order valence-corrected chi connectivity index (χ1v) is 0.651. The second-order valence-corrected chi connectivity index (χ2v) is 0.283. The standard InChI is InChI=1S/CH2O3.3Na.12H2O.3H/c2-1(3)4;;;;;;;;;;;;;;;;;;/h(H2,2,3,4);;;;12*1H2;;;. The van der Waals surface area contributed by atoms with Crippen molar-refractivity contribution in [1.82, 2.24) is 0 Å². The molecule has 0 saturated heterocycles. The molecule has 126 valence electrons. The summed E-state index contributed by atoms with van der Waals surface area (Å²) in [5, 5.41) is 13.9. The van der Waals surface area contributed by atoms with Crippen molar-refractivity contribution in [3.05, 3.63) is 0 Å². The van der Waals surface area contributed by atoms with Crippen molar-refractivity contribution >= 4 is 94.8 Å². The summed E-state index contributed by atoms with van der Waals surface area (Å²) in [4.78, 5) is 8.56. The fraction of sp³-hybridized carbons (Fsp3) is 0. The molecule has 0 radical (unpaired) electrons. The Balaban J connectivity index is -0.000000000429. The number of rotatable bonds is 0. The minimum atomic E-state index is -1.83. The average molecular weight is 350 g/mol. The van der Waals surface area contributed by atoms with E-state index in [1.165, 1.54) is 0 Å². The number of hydrogen-bond acceptors (Lipinski definition) is 1. The van der Waals surface area contributed by atoms with Gasteiger partial charge >= 0.3 is 94.8 Å². The summed E-state index contributed by atoms with van der Waals surface area (Å²) < 4.78 is 0. The van der Waals surface area contributed by atoms with Crippen LogP contribution in [0.25, 0.3) is 0 Å². The first-order chi connectivity index (χ1) is 1.73. The zero-order valence-corrected chi connectivity index (χ0v) is 7.80. The molecule has 0 aromatic carbocycles. The van der Waals surface area contributed by atoms with E-state index < -0.39 is 6.16 Å². The summed E-state index contributed by atoms with van der Waals surface area (Å²) >= 11 is 0. The molecule has 0 bridgehead atoms. The van der Waals surface area contributed by atoms with Crippen LogP contribution < -0.4 is 0 Å². The van der Waals surface area contributed by atoms with Crippen LogP contribution in [0.1, 0.15) is 0 Å². The number of carboxylic acid groups (broad SMARTS) is 2. The zero-order chi connectivity index (χ0) is 3.58. The molecule has 0 saturated carbocycles. The van der Waals surface area contributed by atoms with Crippen LogP contribution in [-0.2, 0) is 0 Å². The van der Waals surface area contributed by atoms with E-state index in [1.807, 2.05) is 0 Å². The van der Waals surface area contributed by atoms with Crippen LogP contribution in [0.3, 0.4) is 0 Å². The van der Waals surface area contributed by atoms with Crippen molar-refractivity contribution in [2.75, 3.05) is 0 Å². The van der Waals surface area contributed by atoms with Crippen LogP contribution in [0.2, 0.25) is 0 Å². The fourth-order valence-electron chi connectivity index (χ4n) is 0. The van der Waals surface area contributed by atoms with Crippen LogP contribution in [0.5, 0.6) is 0 Å². The first kappa shape index (κ1) is 355. The van der Waals surface area contributed by atoms with Gasteiger partial charge < -0.3 is 75.9 Å². The summed E-state index contributed by atoms with van der Waals surface area (Å²) in [6.07, 6.45) is -1.83. The molecule has 26 N–H and O–H groups in total. The van der Waals surface area contributed by atoms with Crippen molar-refractivity contribution in [3.8, 4) is 0 Å². The molecule has 0 heterocycles. The summed E-state index contributed by atoms with van der Waals surface area (Å²) in [6.45, 7) is 0. The molecule has 0 aliphatic heterocycles. The van der Waals surface area contributed by atoms with E-state index >= 15 is 0 Å². The Morgan fingerprint density at radius 3 is 0.421 bits per heavy atom. The molecule has 0 fully saturated rings. The topological polar surface area (TPSA) is 436 Å². The SMILES string of the molecule is O.O.O.O.O.O.O.O.O.O.O.O.O=C(O)O.[NaH].[NaH].[NaH]. The van der Waals surface area contributed by atoms with Crippen molar-refractivity contribution in [2.24, 2.45) is 0 Å². The van der Waals surface area contributed by atoms with E-state index in [4.69, 9.17) is 15.0 Å². The second-order valence-electron chi connectivity index (χ2n) is 0.283. The van der Waals surface area contributed by atoms with Gasteiger partial charge in [-0.15, -0.1) is 0 Å². The van der Waals surface area contributed by atoms with Crippen molar-refractivity contribution < 1.29 is 80.7 Å². The molecule has 0 aromatic heterocycles. The maximum atomic E-state index is 8.56. The molecule has 18 heteroatoms. The number of carbonyl (C=O) groups is 1. The average Bonchev–Trinajstić information content (AvgIpc) is 0.811. The van der Waals surface area contributed by atoms with Gasteiger partial charge in [-0.1, -0.05) is 0 Å². The molecule has 0 atom stereocenters. The molecule has 0 spiro atoms. The third-order valence-corrected chi connectivity index (χ3v) is 0. The van der Waals surface area contributed by atoms with Gasteiger partial charge in [0.25, 0.3) is 0 Å². The van der Waals surface area contributed by atoms with Gasteiger partial charge in [0.15, 0.2) is 0 Å². The quantitative estimate of drug-likeness (QED) is 0.402. The third-order valence-electron chi connectivity index (χ3n) is 0. The summed E-state index contributed by atoms with van der Waals surface area (Å²) in [5.74, 6) is 0. The van der Waals surface area contributed by atoms with Gasteiger partial charge in [-0.2, -0.15) is 0 Å². The first-order valence-electron chi connectivity index (χ1n) is 0.651. The molecule has 0 rings (SSSR count). The molecule has 0 aliphatic rings. The van der Waals surface area contributed by atoms with Gasteiger partial charge in [-0.05, 0) is 0 Å². The van der Waals surface area contributed by atoms with Gasteiger partial charge in [0.05, 0.1) is 0 Å². The van der Waals surface area contributed by atoms with E-state index in [0.29, 0.717) is 0 Å². The Kier molecular flexibility index (Phi) is 5690. The van der Waals surface area contributed by atoms with Gasteiger partial charge in [0.2, 0.25) is 0 Å². The summed E-state index contributed by atoms with van der Waals surface area (Å²) in [5.41, 5.74) is 0. The summed E-state index contributed by atoms with van der Waals surface area (Å²) in [6, 6.07) is 0. The van der Waals surface area contributed by atoms with Gasteiger partial charge in [0.1, 0.15) is 0 Å². The Hall–Kier alpha value is 1.79. The van der Waals surface area contributed by atoms with E-state index in [2.05, 4.69) is 0 Å². The van der Waals surface area contributed by atoms with E-state index in [1.54, 1.807) is 0 Å². The predicted molar refractivity (Wildman–Crippen MR) is 75.5 cm³/mol. The van der Waals surface area contributed by atoms with Crippen molar-refractivity contribution in [3.63, 3.8) is 0 Å². The van der Waals surface area contributed by atoms with E-state index in [0.717, 1.165) is 0 Å². The van der Waals surface area contributed by atoms with Crippen molar-refractivity contribution in [1.29, 1.82) is 0 Å². The van der Waals surface area contributed by atoms with Gasteiger partial charge in [-0.3, -0.25) is 0 Å². The molecule has 0 aromatic rings. The van der Waals surface area contributed by atoms with Gasteiger partial charge in [0, 0.05) is 0 Å². The Bertz CT molecular complexity index is 40.4. The monoisotopic (exact) mass is 350 g/mol. The molecular formula is CH29Na3O15. The normalized spacial score (nSPS) is 1.26. The van der Waals surface area contributed by atoms with Crippen molar-refractivity contribution in [2.45, 2.75) is 0 Å². The molecule has 19 heavy (non-hydrogen) atoms. The third kappa shape index (κ3) is 1950. The molecule has 0 aliphatic carbocycles. The second kappa shape index (κ2) is 305. The zero-order valence-electron chi connectivity index (χ0n) is 7.80.